The number of ether oxygens (including phenoxy) is 4. The van der Waals surface area contributed by atoms with Gasteiger partial charge in [-0.2, -0.15) is 0 Å². The van der Waals surface area contributed by atoms with Crippen molar-refractivity contribution in [2.24, 2.45) is 4.99 Å². The maximum absolute atomic E-state index is 14.1. The molecule has 1 aliphatic rings. The molecule has 0 spiro atoms. The first-order chi connectivity index (χ1) is 18.9. The average Bonchev–Trinajstić information content (AvgIpc) is 3.25. The maximum atomic E-state index is 14.1. The minimum Gasteiger partial charge on any atom is -0.497 e. The van der Waals surface area contributed by atoms with Crippen molar-refractivity contribution < 1.29 is 23.7 Å². The summed E-state index contributed by atoms with van der Waals surface area (Å²) in [6.45, 7) is 3.70. The maximum Gasteiger partial charge on any atom is 0.338 e. The molecule has 9 heteroatoms. The molecule has 0 saturated carbocycles. The number of methoxy groups -OCH3 is 3. The van der Waals surface area contributed by atoms with Crippen molar-refractivity contribution in [3.63, 3.8) is 0 Å². The van der Waals surface area contributed by atoms with Gasteiger partial charge in [-0.25, -0.2) is 9.79 Å². The average molecular weight is 545 g/mol. The highest BCUT2D eigenvalue weighted by molar-refractivity contribution is 7.07. The van der Waals surface area contributed by atoms with Gasteiger partial charge in [-0.05, 0) is 55.0 Å². The van der Waals surface area contributed by atoms with Crippen molar-refractivity contribution in [2.45, 2.75) is 19.9 Å². The molecule has 3 aromatic carbocycles. The Labute approximate surface area is 229 Å². The van der Waals surface area contributed by atoms with Crippen molar-refractivity contribution >= 4 is 34.2 Å². The fraction of sp³-hybridized carbons (Fsp3) is 0.233. The molecule has 0 unspecified atom stereocenters. The topological polar surface area (TPSA) is 88.4 Å². The Kier molecular flexibility index (Phi) is 7.26. The van der Waals surface area contributed by atoms with Gasteiger partial charge in [0.1, 0.15) is 23.3 Å². The Morgan fingerprint density at radius 3 is 2.49 bits per heavy atom. The monoisotopic (exact) mass is 544 g/mol. The minimum atomic E-state index is -0.810. The van der Waals surface area contributed by atoms with E-state index in [1.807, 2.05) is 36.4 Å². The fourth-order valence-electron chi connectivity index (χ4n) is 4.89. The second kappa shape index (κ2) is 10.8. The number of thiazole rings is 1. The summed E-state index contributed by atoms with van der Waals surface area (Å²) < 4.78 is 24.1. The lowest BCUT2D eigenvalue weighted by molar-refractivity contribution is -0.139. The van der Waals surface area contributed by atoms with Crippen LogP contribution in [0.15, 0.2) is 75.7 Å². The standard InChI is InChI=1S/C30H28N2O6S/c1-6-38-29(34)25-17(2)31-30-32(27(25)26-21-10-8-7-9-18(21)11-13-23(26)37-5)28(33)24(39-30)16-19-15-20(35-3)12-14-22(19)36-4/h7-16,27H,6H2,1-5H3/b24-16+/t27-/m1/s1. The molecular weight excluding hydrogens is 516 g/mol. The van der Waals surface area contributed by atoms with Gasteiger partial charge in [0.2, 0.25) is 0 Å². The quantitative estimate of drug-likeness (QED) is 0.327. The summed E-state index contributed by atoms with van der Waals surface area (Å²) in [7, 11) is 4.73. The molecule has 1 aromatic heterocycles. The van der Waals surface area contributed by atoms with Crippen molar-refractivity contribution in [3.05, 3.63) is 96.7 Å². The van der Waals surface area contributed by atoms with E-state index in [-0.39, 0.29) is 12.2 Å². The number of esters is 1. The van der Waals surface area contributed by atoms with Crippen LogP contribution in [0, 0.1) is 0 Å². The van der Waals surface area contributed by atoms with E-state index in [1.165, 1.54) is 11.3 Å². The highest BCUT2D eigenvalue weighted by atomic mass is 32.1. The van der Waals surface area contributed by atoms with Gasteiger partial charge in [0.25, 0.3) is 5.56 Å². The zero-order chi connectivity index (χ0) is 27.7. The number of aromatic nitrogens is 1. The minimum absolute atomic E-state index is 0.190. The van der Waals surface area contributed by atoms with E-state index in [0.29, 0.717) is 49.0 Å². The van der Waals surface area contributed by atoms with Gasteiger partial charge >= 0.3 is 5.97 Å². The zero-order valence-corrected chi connectivity index (χ0v) is 23.1. The molecule has 8 nitrogen and oxygen atoms in total. The van der Waals surface area contributed by atoms with Crippen LogP contribution in [0.5, 0.6) is 17.2 Å². The van der Waals surface area contributed by atoms with Crippen molar-refractivity contribution in [2.75, 3.05) is 27.9 Å². The summed E-state index contributed by atoms with van der Waals surface area (Å²) in [6.07, 6.45) is 1.76. The van der Waals surface area contributed by atoms with Crippen LogP contribution in [-0.2, 0) is 9.53 Å². The number of nitrogens with zero attached hydrogens (tertiary/aromatic N) is 2. The molecule has 0 amide bonds. The summed E-state index contributed by atoms with van der Waals surface area (Å²) in [5.74, 6) is 1.26. The smallest absolute Gasteiger partial charge is 0.338 e. The van der Waals surface area contributed by atoms with Crippen LogP contribution in [0.1, 0.15) is 31.0 Å². The first-order valence-electron chi connectivity index (χ1n) is 12.4. The third-order valence-electron chi connectivity index (χ3n) is 6.66. The van der Waals surface area contributed by atoms with E-state index >= 15 is 0 Å². The molecule has 1 atom stereocenters. The third-order valence-corrected chi connectivity index (χ3v) is 7.65. The Morgan fingerprint density at radius 2 is 1.77 bits per heavy atom. The molecule has 2 heterocycles. The summed E-state index contributed by atoms with van der Waals surface area (Å²) in [5.41, 5.74) is 1.87. The van der Waals surface area contributed by atoms with Gasteiger partial charge in [0.05, 0.1) is 43.7 Å². The number of allylic oxidation sites excluding steroid dienone is 1. The third kappa shape index (κ3) is 4.59. The number of hydrogen-bond acceptors (Lipinski definition) is 8. The predicted molar refractivity (Wildman–Crippen MR) is 150 cm³/mol. The largest absolute Gasteiger partial charge is 0.497 e. The highest BCUT2D eigenvalue weighted by Gasteiger charge is 2.36. The molecule has 0 radical (unpaired) electrons. The van der Waals surface area contributed by atoms with Gasteiger partial charge < -0.3 is 18.9 Å². The van der Waals surface area contributed by atoms with E-state index < -0.39 is 12.0 Å². The Morgan fingerprint density at radius 1 is 1.03 bits per heavy atom. The van der Waals surface area contributed by atoms with E-state index in [0.717, 1.165) is 10.8 Å². The van der Waals surface area contributed by atoms with Crippen LogP contribution >= 0.6 is 11.3 Å². The Balaban J connectivity index is 1.85. The van der Waals surface area contributed by atoms with E-state index in [4.69, 9.17) is 18.9 Å². The van der Waals surface area contributed by atoms with E-state index in [1.54, 1.807) is 64.0 Å². The van der Waals surface area contributed by atoms with Crippen LogP contribution < -0.4 is 29.1 Å². The van der Waals surface area contributed by atoms with Gasteiger partial charge in [-0.3, -0.25) is 9.36 Å². The first-order valence-corrected chi connectivity index (χ1v) is 13.2. The summed E-state index contributed by atoms with van der Waals surface area (Å²) in [5, 5.41) is 1.82. The summed E-state index contributed by atoms with van der Waals surface area (Å²) >= 11 is 1.24. The normalized spacial score (nSPS) is 15.1. The summed E-state index contributed by atoms with van der Waals surface area (Å²) in [6, 6.07) is 16.2. The lowest BCUT2D eigenvalue weighted by Crippen LogP contribution is -2.40. The number of benzene rings is 3. The molecular formula is C30H28N2O6S. The molecule has 5 rings (SSSR count). The molecule has 0 fully saturated rings. The number of hydrogen-bond donors (Lipinski definition) is 0. The Hall–Kier alpha value is -4.37. The van der Waals surface area contributed by atoms with Crippen molar-refractivity contribution in [3.8, 4) is 17.2 Å². The van der Waals surface area contributed by atoms with Gasteiger partial charge in [-0.15, -0.1) is 0 Å². The number of rotatable bonds is 7. The first kappa shape index (κ1) is 26.2. The zero-order valence-electron chi connectivity index (χ0n) is 22.3. The van der Waals surface area contributed by atoms with Crippen LogP contribution in [0.3, 0.4) is 0 Å². The Bertz CT molecular complexity index is 1800. The van der Waals surface area contributed by atoms with E-state index in [9.17, 15) is 9.59 Å². The summed E-state index contributed by atoms with van der Waals surface area (Å²) in [4.78, 5) is 32.6. The molecule has 0 saturated heterocycles. The molecule has 0 N–H and O–H groups in total. The lowest BCUT2D eigenvalue weighted by Gasteiger charge is -2.27. The second-order valence-electron chi connectivity index (χ2n) is 8.81. The van der Waals surface area contributed by atoms with Crippen LogP contribution in [0.4, 0.5) is 0 Å². The molecule has 1 aliphatic heterocycles. The van der Waals surface area contributed by atoms with E-state index in [2.05, 4.69) is 4.99 Å². The van der Waals surface area contributed by atoms with Crippen LogP contribution in [0.2, 0.25) is 0 Å². The molecule has 0 aliphatic carbocycles. The SMILES string of the molecule is CCOC(=O)C1=C(C)N=c2s/c(=C/c3cc(OC)ccc3OC)c(=O)n2[C@H]1c1c(OC)ccc2ccccc12. The second-order valence-corrected chi connectivity index (χ2v) is 9.82. The number of fused-ring (bicyclic) bond motifs is 2. The number of carbonyl (C=O) groups excluding carboxylic acids is 1. The molecule has 0 bridgehead atoms. The lowest BCUT2D eigenvalue weighted by atomic mass is 9.90. The van der Waals surface area contributed by atoms with Crippen LogP contribution in [-0.4, -0.2) is 38.5 Å². The van der Waals surface area contributed by atoms with Gasteiger partial charge in [0, 0.05) is 11.1 Å². The van der Waals surface area contributed by atoms with Crippen molar-refractivity contribution in [1.29, 1.82) is 0 Å². The number of carbonyl (C=O) groups is 1. The predicted octanol–water partition coefficient (Wildman–Crippen LogP) is 3.98. The molecule has 39 heavy (non-hydrogen) atoms. The molecule has 200 valence electrons. The van der Waals surface area contributed by atoms with Gasteiger partial charge in [-0.1, -0.05) is 41.7 Å². The molecule has 4 aromatic rings. The van der Waals surface area contributed by atoms with Crippen LogP contribution in [0.25, 0.3) is 16.8 Å². The fourth-order valence-corrected chi connectivity index (χ4v) is 5.93. The van der Waals surface area contributed by atoms with Gasteiger partial charge in [0.15, 0.2) is 4.80 Å². The van der Waals surface area contributed by atoms with Crippen molar-refractivity contribution in [1.82, 2.24) is 4.57 Å². The highest BCUT2D eigenvalue weighted by Crippen LogP contribution is 2.40.